The van der Waals surface area contributed by atoms with E-state index in [4.69, 9.17) is 16.3 Å². The zero-order valence-corrected chi connectivity index (χ0v) is 13.5. The Hall–Kier alpha value is -1.96. The van der Waals surface area contributed by atoms with Crippen LogP contribution in [0, 0.1) is 0 Å². The fraction of sp³-hybridized carbons (Fsp3) is 0.400. The number of hydrogen-bond donors (Lipinski definition) is 1. The highest BCUT2D eigenvalue weighted by atomic mass is 35.5. The first-order valence-corrected chi connectivity index (χ1v) is 7.78. The first kappa shape index (κ1) is 15.9. The summed E-state index contributed by atoms with van der Waals surface area (Å²) in [4.78, 5) is 18.3. The van der Waals surface area contributed by atoms with Crippen molar-refractivity contribution in [3.63, 3.8) is 0 Å². The van der Waals surface area contributed by atoms with Gasteiger partial charge in [0.15, 0.2) is 0 Å². The van der Waals surface area contributed by atoms with Crippen LogP contribution in [0.4, 0.5) is 5.69 Å². The molecule has 3 rings (SSSR count). The van der Waals surface area contributed by atoms with Crippen molar-refractivity contribution in [1.29, 1.82) is 0 Å². The Morgan fingerprint density at radius 2 is 2.39 bits per heavy atom. The third kappa shape index (κ3) is 4.07. The number of anilines is 1. The third-order valence-electron chi connectivity index (χ3n) is 3.59. The summed E-state index contributed by atoms with van der Waals surface area (Å²) >= 11 is 6.05. The van der Waals surface area contributed by atoms with Crippen molar-refractivity contribution in [1.82, 2.24) is 19.7 Å². The molecule has 122 valence electrons. The summed E-state index contributed by atoms with van der Waals surface area (Å²) in [5, 5.41) is 7.55. The van der Waals surface area contributed by atoms with Gasteiger partial charge in [0.25, 0.3) is 0 Å². The Bertz CT molecular complexity index is 677. The van der Waals surface area contributed by atoms with Crippen LogP contribution in [0.15, 0.2) is 30.9 Å². The molecule has 0 aliphatic carbocycles. The van der Waals surface area contributed by atoms with Gasteiger partial charge < -0.3 is 10.1 Å². The highest BCUT2D eigenvalue weighted by Gasteiger charge is 2.19. The SMILES string of the molecule is CC1CN(CC(=O)Nc2cc(Cl)ccc2-n2cncn2)CCO1. The summed E-state index contributed by atoms with van der Waals surface area (Å²) in [7, 11) is 0. The van der Waals surface area contributed by atoms with Crippen molar-refractivity contribution in [3.05, 3.63) is 35.9 Å². The van der Waals surface area contributed by atoms with Gasteiger partial charge in [-0.3, -0.25) is 9.69 Å². The Kier molecular flexibility index (Phi) is 4.90. The van der Waals surface area contributed by atoms with Crippen molar-refractivity contribution >= 4 is 23.2 Å². The molecule has 23 heavy (non-hydrogen) atoms. The summed E-state index contributed by atoms with van der Waals surface area (Å²) in [5.41, 5.74) is 1.32. The quantitative estimate of drug-likeness (QED) is 0.918. The highest BCUT2D eigenvalue weighted by Crippen LogP contribution is 2.24. The number of benzene rings is 1. The van der Waals surface area contributed by atoms with Crippen molar-refractivity contribution in [2.75, 3.05) is 31.6 Å². The zero-order chi connectivity index (χ0) is 16.2. The van der Waals surface area contributed by atoms with Crippen molar-refractivity contribution in [2.45, 2.75) is 13.0 Å². The molecule has 2 heterocycles. The number of halogens is 1. The second-order valence-corrected chi connectivity index (χ2v) is 5.90. The first-order valence-electron chi connectivity index (χ1n) is 7.40. The minimum atomic E-state index is -0.0947. The maximum Gasteiger partial charge on any atom is 0.238 e. The molecule has 0 saturated carbocycles. The van der Waals surface area contributed by atoms with Crippen LogP contribution in [0.1, 0.15) is 6.92 Å². The van der Waals surface area contributed by atoms with Crippen LogP contribution >= 0.6 is 11.6 Å². The van der Waals surface area contributed by atoms with E-state index >= 15 is 0 Å². The molecule has 0 radical (unpaired) electrons. The normalized spacial score (nSPS) is 18.8. The summed E-state index contributed by atoms with van der Waals surface area (Å²) in [6, 6.07) is 5.25. The fourth-order valence-corrected chi connectivity index (χ4v) is 2.74. The van der Waals surface area contributed by atoms with Gasteiger partial charge in [-0.05, 0) is 25.1 Å². The van der Waals surface area contributed by atoms with E-state index in [9.17, 15) is 4.79 Å². The van der Waals surface area contributed by atoms with Gasteiger partial charge >= 0.3 is 0 Å². The van der Waals surface area contributed by atoms with Crippen LogP contribution in [0.25, 0.3) is 5.69 Å². The van der Waals surface area contributed by atoms with Crippen LogP contribution in [0.2, 0.25) is 5.02 Å². The number of carbonyl (C=O) groups is 1. The Labute approximate surface area is 139 Å². The predicted octanol–water partition coefficient (Wildman–Crippen LogP) is 1.58. The zero-order valence-electron chi connectivity index (χ0n) is 12.8. The van der Waals surface area contributed by atoms with E-state index in [-0.39, 0.29) is 12.0 Å². The lowest BCUT2D eigenvalue weighted by Gasteiger charge is -2.30. The summed E-state index contributed by atoms with van der Waals surface area (Å²) in [5.74, 6) is -0.0947. The number of nitrogens with zero attached hydrogens (tertiary/aromatic N) is 4. The number of carbonyl (C=O) groups excluding carboxylic acids is 1. The van der Waals surface area contributed by atoms with Crippen LogP contribution in [0.3, 0.4) is 0 Å². The molecule has 1 saturated heterocycles. The smallest absolute Gasteiger partial charge is 0.238 e. The van der Waals surface area contributed by atoms with Crippen LogP contribution in [-0.2, 0) is 9.53 Å². The molecule has 1 N–H and O–H groups in total. The van der Waals surface area contributed by atoms with Gasteiger partial charge in [0.1, 0.15) is 12.7 Å². The van der Waals surface area contributed by atoms with Gasteiger partial charge in [-0.1, -0.05) is 11.6 Å². The molecule has 1 aliphatic heterocycles. The lowest BCUT2D eigenvalue weighted by Crippen LogP contribution is -2.44. The Morgan fingerprint density at radius 1 is 1.52 bits per heavy atom. The standard InChI is InChI=1S/C15H18ClN5O2/c1-11-7-20(4-5-23-11)8-15(22)19-13-6-12(16)2-3-14(13)21-10-17-9-18-21/h2-3,6,9-11H,4-5,7-8H2,1H3,(H,19,22). The van der Waals surface area contributed by atoms with Gasteiger partial charge in [-0.2, -0.15) is 5.10 Å². The molecule has 0 bridgehead atoms. The number of morpholine rings is 1. The van der Waals surface area contributed by atoms with E-state index in [1.54, 1.807) is 29.2 Å². The number of ether oxygens (including phenoxy) is 1. The maximum atomic E-state index is 12.3. The molecule has 1 aromatic carbocycles. The first-order chi connectivity index (χ1) is 11.1. The van der Waals surface area contributed by atoms with Crippen molar-refractivity contribution < 1.29 is 9.53 Å². The fourth-order valence-electron chi connectivity index (χ4n) is 2.57. The lowest BCUT2D eigenvalue weighted by molar-refractivity contribution is -0.119. The van der Waals surface area contributed by atoms with E-state index in [2.05, 4.69) is 20.3 Å². The van der Waals surface area contributed by atoms with Crippen molar-refractivity contribution in [3.8, 4) is 5.69 Å². The number of amides is 1. The van der Waals surface area contributed by atoms with Gasteiger partial charge in [0, 0.05) is 18.1 Å². The number of rotatable bonds is 4. The van der Waals surface area contributed by atoms with E-state index in [0.717, 1.165) is 18.8 Å². The molecular formula is C15H18ClN5O2. The maximum absolute atomic E-state index is 12.3. The monoisotopic (exact) mass is 335 g/mol. The molecule has 1 fully saturated rings. The van der Waals surface area contributed by atoms with Gasteiger partial charge in [-0.25, -0.2) is 9.67 Å². The molecule has 8 heteroatoms. The molecule has 1 atom stereocenters. The second-order valence-electron chi connectivity index (χ2n) is 5.47. The second kappa shape index (κ2) is 7.08. The van der Waals surface area contributed by atoms with E-state index < -0.39 is 0 Å². The van der Waals surface area contributed by atoms with Gasteiger partial charge in [0.2, 0.25) is 5.91 Å². The van der Waals surface area contributed by atoms with Crippen molar-refractivity contribution in [2.24, 2.45) is 0 Å². The average Bonchev–Trinajstić information content (AvgIpc) is 3.01. The predicted molar refractivity (Wildman–Crippen MR) is 86.9 cm³/mol. The molecule has 2 aromatic rings. The van der Waals surface area contributed by atoms with E-state index in [1.165, 1.54) is 6.33 Å². The minimum Gasteiger partial charge on any atom is -0.376 e. The minimum absolute atomic E-state index is 0.0947. The highest BCUT2D eigenvalue weighted by molar-refractivity contribution is 6.31. The molecular weight excluding hydrogens is 318 g/mol. The summed E-state index contributed by atoms with van der Waals surface area (Å²) in [6.45, 7) is 4.47. The molecule has 1 amide bonds. The lowest BCUT2D eigenvalue weighted by atomic mass is 10.2. The third-order valence-corrected chi connectivity index (χ3v) is 3.83. The topological polar surface area (TPSA) is 72.3 Å². The molecule has 0 spiro atoms. The van der Waals surface area contributed by atoms with Gasteiger partial charge in [0.05, 0.1) is 30.6 Å². The van der Waals surface area contributed by atoms with Crippen LogP contribution in [-0.4, -0.2) is 57.9 Å². The molecule has 7 nitrogen and oxygen atoms in total. The van der Waals surface area contributed by atoms with Crippen LogP contribution in [0.5, 0.6) is 0 Å². The Morgan fingerprint density at radius 3 is 3.13 bits per heavy atom. The number of aromatic nitrogens is 3. The van der Waals surface area contributed by atoms with E-state index in [0.29, 0.717) is 23.9 Å². The summed E-state index contributed by atoms with van der Waals surface area (Å²) in [6.07, 6.45) is 3.16. The number of nitrogens with one attached hydrogen (secondary N) is 1. The van der Waals surface area contributed by atoms with E-state index in [1.807, 2.05) is 6.92 Å². The largest absolute Gasteiger partial charge is 0.376 e. The molecule has 1 unspecified atom stereocenters. The van der Waals surface area contributed by atoms with Gasteiger partial charge in [-0.15, -0.1) is 0 Å². The van der Waals surface area contributed by atoms with Crippen LogP contribution < -0.4 is 5.32 Å². The summed E-state index contributed by atoms with van der Waals surface area (Å²) < 4.78 is 7.07. The number of hydrogen-bond acceptors (Lipinski definition) is 5. The molecule has 1 aromatic heterocycles. The average molecular weight is 336 g/mol. The molecule has 1 aliphatic rings. The Balaban J connectivity index is 1.72.